The zero-order valence-corrected chi connectivity index (χ0v) is 13.2. The summed E-state index contributed by atoms with van der Waals surface area (Å²) in [7, 11) is 0. The second-order valence-electron chi connectivity index (χ2n) is 8.00. The second kappa shape index (κ2) is 5.14. The molecule has 0 saturated heterocycles. The molecule has 0 aliphatic heterocycles. The molecule has 1 atom stereocenters. The molecule has 0 amide bonds. The van der Waals surface area contributed by atoms with Crippen molar-refractivity contribution in [2.24, 2.45) is 28.9 Å². The van der Waals surface area contributed by atoms with Crippen LogP contribution in [0.25, 0.3) is 0 Å². The summed E-state index contributed by atoms with van der Waals surface area (Å²) in [6, 6.07) is 4.83. The Kier molecular flexibility index (Phi) is 3.42. The van der Waals surface area contributed by atoms with Crippen LogP contribution in [0.15, 0.2) is 17.5 Å². The minimum absolute atomic E-state index is 0.424. The number of nitrogens with two attached hydrogens (primary N) is 1. The molecule has 1 aromatic rings. The van der Waals surface area contributed by atoms with Crippen LogP contribution in [0.1, 0.15) is 56.2 Å². The quantitative estimate of drug-likeness (QED) is 0.841. The van der Waals surface area contributed by atoms with Crippen LogP contribution < -0.4 is 5.73 Å². The Morgan fingerprint density at radius 3 is 2.35 bits per heavy atom. The van der Waals surface area contributed by atoms with E-state index in [2.05, 4.69) is 17.5 Å². The van der Waals surface area contributed by atoms with Crippen LogP contribution in [0.2, 0.25) is 0 Å². The third-order valence-electron chi connectivity index (χ3n) is 6.20. The van der Waals surface area contributed by atoms with Gasteiger partial charge in [-0.2, -0.15) is 0 Å². The number of aryl methyl sites for hydroxylation is 1. The smallest absolute Gasteiger partial charge is 0.00475 e. The first-order valence-electron chi connectivity index (χ1n) is 8.49. The van der Waals surface area contributed by atoms with Gasteiger partial charge in [0.05, 0.1) is 0 Å². The molecule has 4 fully saturated rings. The van der Waals surface area contributed by atoms with E-state index in [1.165, 1.54) is 43.4 Å². The average Bonchev–Trinajstić information content (AvgIpc) is 2.87. The molecule has 110 valence electrons. The lowest BCUT2D eigenvalue weighted by atomic mass is 9.48. The predicted molar refractivity (Wildman–Crippen MR) is 85.8 cm³/mol. The first-order chi connectivity index (χ1) is 9.71. The fourth-order valence-electron chi connectivity index (χ4n) is 5.98. The van der Waals surface area contributed by atoms with Crippen molar-refractivity contribution in [3.05, 3.63) is 22.4 Å². The lowest BCUT2D eigenvalue weighted by molar-refractivity contribution is -0.0605. The highest BCUT2D eigenvalue weighted by Gasteiger charge is 2.50. The number of thiophene rings is 1. The van der Waals surface area contributed by atoms with E-state index in [1.807, 2.05) is 11.3 Å². The molecule has 4 saturated carbocycles. The van der Waals surface area contributed by atoms with Crippen molar-refractivity contribution in [1.29, 1.82) is 0 Å². The number of rotatable bonds is 5. The molecule has 2 heteroatoms. The highest BCUT2D eigenvalue weighted by atomic mass is 32.1. The maximum Gasteiger partial charge on any atom is 0.00475 e. The van der Waals surface area contributed by atoms with Gasteiger partial charge in [-0.15, -0.1) is 11.3 Å². The van der Waals surface area contributed by atoms with Crippen molar-refractivity contribution in [1.82, 2.24) is 0 Å². The summed E-state index contributed by atoms with van der Waals surface area (Å²) in [6.45, 7) is 0. The van der Waals surface area contributed by atoms with Crippen molar-refractivity contribution in [3.63, 3.8) is 0 Å². The van der Waals surface area contributed by atoms with Gasteiger partial charge in [0, 0.05) is 10.9 Å². The van der Waals surface area contributed by atoms with E-state index >= 15 is 0 Å². The van der Waals surface area contributed by atoms with E-state index in [0.717, 1.165) is 17.8 Å². The summed E-state index contributed by atoms with van der Waals surface area (Å²) in [5.41, 5.74) is 7.17. The van der Waals surface area contributed by atoms with Crippen molar-refractivity contribution < 1.29 is 0 Å². The first kappa shape index (κ1) is 13.3. The van der Waals surface area contributed by atoms with E-state index in [0.29, 0.717) is 11.5 Å². The standard InChI is InChI=1S/C18H27NS/c19-16(3-4-17-2-1-5-20-17)12-18-9-13-6-14(10-18)8-15(7-13)11-18/h1-2,5,13-16H,3-4,6-12,19H2. The summed E-state index contributed by atoms with van der Waals surface area (Å²) in [5.74, 6) is 3.18. The topological polar surface area (TPSA) is 26.0 Å². The molecule has 1 heterocycles. The van der Waals surface area contributed by atoms with E-state index in [4.69, 9.17) is 5.73 Å². The largest absolute Gasteiger partial charge is 0.328 e. The zero-order chi connectivity index (χ0) is 13.6. The van der Waals surface area contributed by atoms with Crippen LogP contribution in [-0.2, 0) is 6.42 Å². The molecule has 0 radical (unpaired) electrons. The Hall–Kier alpha value is -0.340. The normalized spacial score (nSPS) is 40.1. The molecule has 20 heavy (non-hydrogen) atoms. The molecule has 5 rings (SSSR count). The van der Waals surface area contributed by atoms with Gasteiger partial charge in [0.15, 0.2) is 0 Å². The number of hydrogen-bond acceptors (Lipinski definition) is 2. The predicted octanol–water partition coefficient (Wildman–Crippen LogP) is 4.61. The maximum atomic E-state index is 6.52. The highest BCUT2D eigenvalue weighted by molar-refractivity contribution is 7.09. The Labute approximate surface area is 127 Å². The fraction of sp³-hybridized carbons (Fsp3) is 0.778. The molecular weight excluding hydrogens is 262 g/mol. The molecule has 4 bridgehead atoms. The minimum atomic E-state index is 0.424. The van der Waals surface area contributed by atoms with Crippen molar-refractivity contribution in [3.8, 4) is 0 Å². The van der Waals surface area contributed by atoms with Crippen LogP contribution >= 0.6 is 11.3 Å². The molecule has 4 aliphatic rings. The SMILES string of the molecule is NC(CCc1cccs1)CC12CC3CC(CC(C3)C1)C2. The van der Waals surface area contributed by atoms with Gasteiger partial charge < -0.3 is 5.73 Å². The lowest BCUT2D eigenvalue weighted by Crippen LogP contribution is -2.48. The molecule has 1 aromatic heterocycles. The summed E-state index contributed by atoms with van der Waals surface area (Å²) >= 11 is 1.88. The Bertz CT molecular complexity index is 415. The van der Waals surface area contributed by atoms with Crippen molar-refractivity contribution in [2.75, 3.05) is 0 Å². The van der Waals surface area contributed by atoms with Gasteiger partial charge in [-0.1, -0.05) is 6.07 Å². The maximum absolute atomic E-state index is 6.52. The average molecular weight is 289 g/mol. The van der Waals surface area contributed by atoms with Gasteiger partial charge in [0.1, 0.15) is 0 Å². The van der Waals surface area contributed by atoms with Gasteiger partial charge in [0.2, 0.25) is 0 Å². The molecule has 2 N–H and O–H groups in total. The van der Waals surface area contributed by atoms with E-state index < -0.39 is 0 Å². The Morgan fingerprint density at radius 1 is 1.15 bits per heavy atom. The van der Waals surface area contributed by atoms with Gasteiger partial charge in [-0.05, 0) is 92.4 Å². The van der Waals surface area contributed by atoms with Crippen molar-refractivity contribution >= 4 is 11.3 Å². The van der Waals surface area contributed by atoms with Crippen LogP contribution in [0.5, 0.6) is 0 Å². The lowest BCUT2D eigenvalue weighted by Gasteiger charge is -2.57. The highest BCUT2D eigenvalue weighted by Crippen LogP contribution is 2.61. The summed E-state index contributed by atoms with van der Waals surface area (Å²) in [6.07, 6.45) is 12.8. The van der Waals surface area contributed by atoms with Crippen LogP contribution in [0, 0.1) is 23.2 Å². The van der Waals surface area contributed by atoms with Crippen LogP contribution in [-0.4, -0.2) is 6.04 Å². The van der Waals surface area contributed by atoms with E-state index in [9.17, 15) is 0 Å². The molecular formula is C18H27NS. The van der Waals surface area contributed by atoms with Gasteiger partial charge in [0.25, 0.3) is 0 Å². The van der Waals surface area contributed by atoms with Gasteiger partial charge >= 0.3 is 0 Å². The third-order valence-corrected chi connectivity index (χ3v) is 7.14. The van der Waals surface area contributed by atoms with Gasteiger partial charge in [-0.3, -0.25) is 0 Å². The van der Waals surface area contributed by atoms with E-state index in [-0.39, 0.29) is 0 Å². The van der Waals surface area contributed by atoms with Gasteiger partial charge in [-0.25, -0.2) is 0 Å². The van der Waals surface area contributed by atoms with Crippen LogP contribution in [0.4, 0.5) is 0 Å². The molecule has 0 spiro atoms. The van der Waals surface area contributed by atoms with E-state index in [1.54, 1.807) is 19.3 Å². The van der Waals surface area contributed by atoms with Crippen LogP contribution in [0.3, 0.4) is 0 Å². The summed E-state index contributed by atoms with van der Waals surface area (Å²) < 4.78 is 0. The summed E-state index contributed by atoms with van der Waals surface area (Å²) in [4.78, 5) is 1.51. The summed E-state index contributed by atoms with van der Waals surface area (Å²) in [5, 5.41) is 2.18. The third kappa shape index (κ3) is 2.57. The van der Waals surface area contributed by atoms with Crippen molar-refractivity contribution in [2.45, 2.75) is 63.8 Å². The monoisotopic (exact) mass is 289 g/mol. The fourth-order valence-corrected chi connectivity index (χ4v) is 6.71. The second-order valence-corrected chi connectivity index (χ2v) is 9.03. The minimum Gasteiger partial charge on any atom is -0.328 e. The zero-order valence-electron chi connectivity index (χ0n) is 12.4. The molecule has 1 unspecified atom stereocenters. The first-order valence-corrected chi connectivity index (χ1v) is 9.37. The number of hydrogen-bond donors (Lipinski definition) is 1. The molecule has 4 aliphatic carbocycles. The molecule has 0 aromatic carbocycles. The Balaban J connectivity index is 1.36. The molecule has 1 nitrogen and oxygen atoms in total. The Morgan fingerprint density at radius 2 is 1.80 bits per heavy atom.